The zero-order valence-corrected chi connectivity index (χ0v) is 19.7. The smallest absolute Gasteiger partial charge is 0.214 e. The molecule has 1 aliphatic rings. The number of nitrogens with zero attached hydrogens (tertiary/aromatic N) is 1. The Labute approximate surface area is 192 Å². The van der Waals surface area contributed by atoms with Crippen LogP contribution in [0.4, 0.5) is 5.69 Å². The quantitative estimate of drug-likeness (QED) is 0.429. The van der Waals surface area contributed by atoms with Gasteiger partial charge in [0.15, 0.2) is 0 Å². The third kappa shape index (κ3) is 4.80. The van der Waals surface area contributed by atoms with Gasteiger partial charge in [-0.1, -0.05) is 18.2 Å². The highest BCUT2D eigenvalue weighted by atomic mass is 32.2. The lowest BCUT2D eigenvalue weighted by molar-refractivity contribution is 0.244. The first-order chi connectivity index (χ1) is 15.3. The first kappa shape index (κ1) is 22.7. The minimum absolute atomic E-state index is 0.0479. The first-order valence-corrected chi connectivity index (χ1v) is 13.0. The van der Waals surface area contributed by atoms with Crippen molar-refractivity contribution in [1.82, 2.24) is 9.71 Å². The lowest BCUT2D eigenvalue weighted by Crippen LogP contribution is -2.30. The Morgan fingerprint density at radius 1 is 1.31 bits per heavy atom. The van der Waals surface area contributed by atoms with Gasteiger partial charge >= 0.3 is 0 Å². The van der Waals surface area contributed by atoms with Gasteiger partial charge in [0, 0.05) is 17.8 Å². The van der Waals surface area contributed by atoms with Crippen molar-refractivity contribution >= 4 is 27.0 Å². The van der Waals surface area contributed by atoms with Crippen LogP contribution in [0.2, 0.25) is 0 Å². The highest BCUT2D eigenvalue weighted by molar-refractivity contribution is 7.89. The summed E-state index contributed by atoms with van der Waals surface area (Å²) in [6.07, 6.45) is 3.37. The summed E-state index contributed by atoms with van der Waals surface area (Å²) in [6, 6.07) is 11.4. The molecule has 2 aromatic carbocycles. The van der Waals surface area contributed by atoms with Crippen molar-refractivity contribution in [1.29, 1.82) is 0 Å². The number of nitrogens with two attached hydrogens (primary N) is 1. The molecule has 0 saturated heterocycles. The van der Waals surface area contributed by atoms with Crippen LogP contribution in [-0.4, -0.2) is 37.0 Å². The number of benzene rings is 2. The minimum atomic E-state index is -3.51. The summed E-state index contributed by atoms with van der Waals surface area (Å²) in [5, 5.41) is 9.85. The Morgan fingerprint density at radius 2 is 2.12 bits per heavy atom. The largest absolute Gasteiger partial charge is 0.489 e. The van der Waals surface area contributed by atoms with E-state index in [-0.39, 0.29) is 17.9 Å². The van der Waals surface area contributed by atoms with Crippen LogP contribution in [0.25, 0.3) is 21.0 Å². The van der Waals surface area contributed by atoms with E-state index in [0.29, 0.717) is 17.9 Å². The zero-order valence-electron chi connectivity index (χ0n) is 18.0. The monoisotopic (exact) mass is 473 g/mol. The van der Waals surface area contributed by atoms with Crippen molar-refractivity contribution in [2.24, 2.45) is 0 Å². The van der Waals surface area contributed by atoms with E-state index in [9.17, 15) is 8.42 Å². The number of nitrogen functional groups attached to an aromatic ring is 1. The fraction of sp³-hybridized carbons (Fsp3) is 0.348. The van der Waals surface area contributed by atoms with Crippen LogP contribution in [0, 0.1) is 0 Å². The molecule has 4 rings (SSSR count). The number of aliphatic hydroxyl groups is 1. The molecule has 4 N–H and O–H groups in total. The van der Waals surface area contributed by atoms with Gasteiger partial charge in [0.05, 0.1) is 29.0 Å². The van der Waals surface area contributed by atoms with E-state index in [1.807, 2.05) is 50.4 Å². The second-order valence-corrected chi connectivity index (χ2v) is 11.0. The summed E-state index contributed by atoms with van der Waals surface area (Å²) < 4.78 is 32.7. The number of fused-ring (bicyclic) bond motifs is 1. The second-order valence-electron chi connectivity index (χ2n) is 8.07. The van der Waals surface area contributed by atoms with E-state index in [1.165, 1.54) is 0 Å². The molecule has 0 amide bonds. The number of aliphatic hydroxyl groups excluding tert-OH is 1. The predicted molar refractivity (Wildman–Crippen MR) is 128 cm³/mol. The molecule has 1 aliphatic carbocycles. The second kappa shape index (κ2) is 9.19. The SMILES string of the molecule is CC(C)Oc1ccc(-c2ncc(-c3cccc4c3CCC4NS(=O)(=O)CCO)s2)cc1N. The van der Waals surface area contributed by atoms with Gasteiger partial charge in [-0.05, 0) is 61.6 Å². The Kier molecular flexibility index (Phi) is 6.52. The standard InChI is InChI=1S/C23H27N3O4S2/c1-14(2)30-21-9-6-15(12-19(21)24)23-25-13-22(31-23)18-5-3-4-17-16(18)7-8-20(17)26-32(28,29)11-10-27/h3-6,9,12-14,20,26-27H,7-8,10-11,24H2,1-2H3. The number of rotatable bonds is 8. The molecule has 0 aliphatic heterocycles. The molecule has 1 heterocycles. The highest BCUT2D eigenvalue weighted by Crippen LogP contribution is 2.41. The third-order valence-electron chi connectivity index (χ3n) is 5.34. The molecule has 3 aromatic rings. The number of hydrogen-bond donors (Lipinski definition) is 3. The average Bonchev–Trinajstić information content (AvgIpc) is 3.37. The number of ether oxygens (including phenoxy) is 1. The van der Waals surface area contributed by atoms with E-state index < -0.39 is 16.6 Å². The molecule has 1 atom stereocenters. The van der Waals surface area contributed by atoms with Gasteiger partial charge in [-0.25, -0.2) is 18.1 Å². The zero-order chi connectivity index (χ0) is 22.9. The number of nitrogens with one attached hydrogen (secondary N) is 1. The van der Waals surface area contributed by atoms with Crippen LogP contribution < -0.4 is 15.2 Å². The van der Waals surface area contributed by atoms with E-state index in [1.54, 1.807) is 11.3 Å². The fourth-order valence-electron chi connectivity index (χ4n) is 3.98. The summed E-state index contributed by atoms with van der Waals surface area (Å²) in [6.45, 7) is 3.52. The molecule has 32 heavy (non-hydrogen) atoms. The van der Waals surface area contributed by atoms with Crippen molar-refractivity contribution in [2.75, 3.05) is 18.1 Å². The number of hydrogen-bond acceptors (Lipinski definition) is 7. The topological polar surface area (TPSA) is 115 Å². The van der Waals surface area contributed by atoms with Crippen LogP contribution in [-0.2, 0) is 16.4 Å². The molecule has 0 radical (unpaired) electrons. The van der Waals surface area contributed by atoms with Crippen LogP contribution >= 0.6 is 11.3 Å². The molecular formula is C23H27N3O4S2. The molecule has 0 spiro atoms. The molecule has 0 fully saturated rings. The van der Waals surface area contributed by atoms with Gasteiger partial charge in [0.1, 0.15) is 10.8 Å². The molecule has 170 valence electrons. The van der Waals surface area contributed by atoms with Gasteiger partial charge < -0.3 is 15.6 Å². The summed E-state index contributed by atoms with van der Waals surface area (Å²) in [7, 11) is -3.51. The normalized spacial score (nSPS) is 15.8. The van der Waals surface area contributed by atoms with Crippen LogP contribution in [0.1, 0.15) is 37.4 Å². The van der Waals surface area contributed by atoms with Gasteiger partial charge in [-0.2, -0.15) is 0 Å². The molecular weight excluding hydrogens is 446 g/mol. The molecule has 9 heteroatoms. The number of thiazole rings is 1. The van der Waals surface area contributed by atoms with Crippen molar-refractivity contribution in [3.63, 3.8) is 0 Å². The Balaban J connectivity index is 1.60. The van der Waals surface area contributed by atoms with Crippen LogP contribution in [0.15, 0.2) is 42.6 Å². The summed E-state index contributed by atoms with van der Waals surface area (Å²) in [4.78, 5) is 5.63. The highest BCUT2D eigenvalue weighted by Gasteiger charge is 2.28. The van der Waals surface area contributed by atoms with E-state index >= 15 is 0 Å². The van der Waals surface area contributed by atoms with Gasteiger partial charge in [0.25, 0.3) is 0 Å². The maximum atomic E-state index is 12.1. The fourth-order valence-corrected chi connectivity index (χ4v) is 5.98. The molecule has 0 bridgehead atoms. The maximum absolute atomic E-state index is 12.1. The van der Waals surface area contributed by atoms with E-state index in [2.05, 4.69) is 15.8 Å². The van der Waals surface area contributed by atoms with Crippen molar-refractivity contribution < 1.29 is 18.3 Å². The Morgan fingerprint density at radius 3 is 2.84 bits per heavy atom. The molecule has 7 nitrogen and oxygen atoms in total. The number of anilines is 1. The minimum Gasteiger partial charge on any atom is -0.489 e. The first-order valence-electron chi connectivity index (χ1n) is 10.5. The number of sulfonamides is 1. The summed E-state index contributed by atoms with van der Waals surface area (Å²) in [5.74, 6) is 0.372. The average molecular weight is 474 g/mol. The van der Waals surface area contributed by atoms with Crippen LogP contribution in [0.5, 0.6) is 5.75 Å². The van der Waals surface area contributed by atoms with Crippen molar-refractivity contribution in [2.45, 2.75) is 38.8 Å². The van der Waals surface area contributed by atoms with E-state index in [0.717, 1.165) is 38.6 Å². The predicted octanol–water partition coefficient (Wildman–Crippen LogP) is 3.75. The lowest BCUT2D eigenvalue weighted by atomic mass is 10.0. The lowest BCUT2D eigenvalue weighted by Gasteiger charge is -2.14. The summed E-state index contributed by atoms with van der Waals surface area (Å²) in [5.41, 5.74) is 10.9. The number of aromatic nitrogens is 1. The third-order valence-corrected chi connectivity index (χ3v) is 7.79. The molecule has 0 saturated carbocycles. The molecule has 1 aromatic heterocycles. The Hall–Kier alpha value is -2.46. The Bertz CT molecular complexity index is 1220. The van der Waals surface area contributed by atoms with Gasteiger partial charge in [-0.15, -0.1) is 11.3 Å². The van der Waals surface area contributed by atoms with Gasteiger partial charge in [-0.3, -0.25) is 0 Å². The maximum Gasteiger partial charge on any atom is 0.214 e. The van der Waals surface area contributed by atoms with Crippen LogP contribution in [0.3, 0.4) is 0 Å². The van der Waals surface area contributed by atoms with Crippen molar-refractivity contribution in [3.05, 3.63) is 53.7 Å². The molecule has 1 unspecified atom stereocenters. The van der Waals surface area contributed by atoms with E-state index in [4.69, 9.17) is 15.6 Å². The van der Waals surface area contributed by atoms with Crippen molar-refractivity contribution in [3.8, 4) is 26.8 Å². The van der Waals surface area contributed by atoms with Gasteiger partial charge in [0.2, 0.25) is 10.0 Å². The summed E-state index contributed by atoms with van der Waals surface area (Å²) >= 11 is 1.58.